The average Bonchev–Trinajstić information content (AvgIpc) is 2.46. The van der Waals surface area contributed by atoms with Crippen molar-refractivity contribution in [1.82, 2.24) is 14.6 Å². The van der Waals surface area contributed by atoms with Crippen molar-refractivity contribution in [2.45, 2.75) is 0 Å². The Morgan fingerprint density at radius 2 is 2.33 bits per heavy atom. The molecule has 4 nitrogen and oxygen atoms in total. The quantitative estimate of drug-likeness (QED) is 0.688. The molecule has 12 heavy (non-hydrogen) atoms. The first-order valence-electron chi connectivity index (χ1n) is 3.27. The Morgan fingerprint density at radius 3 is 3.08 bits per heavy atom. The number of fused-ring (bicyclic) bond motifs is 1. The topological polar surface area (TPSA) is 47.3 Å². The van der Waals surface area contributed by atoms with Crippen LogP contribution >= 0.6 is 15.9 Å². The van der Waals surface area contributed by atoms with Gasteiger partial charge in [-0.3, -0.25) is 9.20 Å². The number of hydrogen-bond acceptors (Lipinski definition) is 3. The summed E-state index contributed by atoms with van der Waals surface area (Å²) in [4.78, 5) is 10.4. The Hall–Kier alpha value is -1.23. The second kappa shape index (κ2) is 2.67. The Kier molecular flexibility index (Phi) is 1.65. The van der Waals surface area contributed by atoms with Crippen molar-refractivity contribution < 1.29 is 4.79 Å². The zero-order valence-electron chi connectivity index (χ0n) is 5.94. The van der Waals surface area contributed by atoms with Gasteiger partial charge in [-0.1, -0.05) is 15.9 Å². The van der Waals surface area contributed by atoms with Crippen molar-refractivity contribution in [3.8, 4) is 0 Å². The molecule has 2 aromatic heterocycles. The Balaban J connectivity index is 2.81. The molecule has 0 atom stereocenters. The van der Waals surface area contributed by atoms with E-state index in [1.807, 2.05) is 6.07 Å². The number of hydrogen-bond donors (Lipinski definition) is 0. The van der Waals surface area contributed by atoms with Crippen LogP contribution in [-0.4, -0.2) is 20.9 Å². The van der Waals surface area contributed by atoms with Gasteiger partial charge in [-0.2, -0.15) is 0 Å². The first kappa shape index (κ1) is 7.42. The number of nitrogens with zero attached hydrogens (tertiary/aromatic N) is 3. The van der Waals surface area contributed by atoms with Crippen molar-refractivity contribution in [2.24, 2.45) is 0 Å². The standard InChI is InChI=1S/C7H4BrN3O/c8-5-1-2-11-6(3-5)9-10-7(11)4-12/h1-4H. The van der Waals surface area contributed by atoms with E-state index >= 15 is 0 Å². The normalized spacial score (nSPS) is 10.4. The van der Waals surface area contributed by atoms with Crippen molar-refractivity contribution in [3.05, 3.63) is 28.6 Å². The zero-order chi connectivity index (χ0) is 8.55. The first-order chi connectivity index (χ1) is 5.81. The molecule has 0 N–H and O–H groups in total. The zero-order valence-corrected chi connectivity index (χ0v) is 7.52. The van der Waals surface area contributed by atoms with E-state index in [-0.39, 0.29) is 0 Å². The monoisotopic (exact) mass is 225 g/mol. The molecule has 0 aliphatic rings. The summed E-state index contributed by atoms with van der Waals surface area (Å²) in [5.74, 6) is 0.317. The van der Waals surface area contributed by atoms with Crippen molar-refractivity contribution in [2.75, 3.05) is 0 Å². The highest BCUT2D eigenvalue weighted by molar-refractivity contribution is 9.10. The molecule has 0 aliphatic carbocycles. The number of halogens is 1. The SMILES string of the molecule is O=Cc1nnc2cc(Br)ccn12. The van der Waals surface area contributed by atoms with Crippen molar-refractivity contribution in [3.63, 3.8) is 0 Å². The minimum Gasteiger partial charge on any atom is -0.294 e. The molecule has 0 fully saturated rings. The predicted octanol–water partition coefficient (Wildman–Crippen LogP) is 1.30. The fraction of sp³-hybridized carbons (Fsp3) is 0. The van der Waals surface area contributed by atoms with Crippen LogP contribution in [0.5, 0.6) is 0 Å². The van der Waals surface area contributed by atoms with E-state index in [0.717, 1.165) is 4.47 Å². The molecule has 5 heteroatoms. The van der Waals surface area contributed by atoms with Crippen LogP contribution in [0.25, 0.3) is 5.65 Å². The van der Waals surface area contributed by atoms with E-state index < -0.39 is 0 Å². The van der Waals surface area contributed by atoms with Gasteiger partial charge in [-0.15, -0.1) is 10.2 Å². The minimum absolute atomic E-state index is 0.317. The lowest BCUT2D eigenvalue weighted by molar-refractivity contribution is 0.111. The van der Waals surface area contributed by atoms with Gasteiger partial charge in [0.1, 0.15) is 0 Å². The molecule has 0 spiro atoms. The summed E-state index contributed by atoms with van der Waals surface area (Å²) in [6.07, 6.45) is 2.41. The molecule has 0 saturated heterocycles. The second-order valence-corrected chi connectivity index (χ2v) is 3.16. The highest BCUT2D eigenvalue weighted by atomic mass is 79.9. The average molecular weight is 226 g/mol. The third kappa shape index (κ3) is 1.02. The van der Waals surface area contributed by atoms with Gasteiger partial charge in [0.05, 0.1) is 0 Å². The maximum atomic E-state index is 10.4. The summed E-state index contributed by atoms with van der Waals surface area (Å²) in [5.41, 5.74) is 0.659. The number of aldehydes is 1. The highest BCUT2D eigenvalue weighted by Gasteiger charge is 2.02. The van der Waals surface area contributed by atoms with Crippen LogP contribution in [-0.2, 0) is 0 Å². The number of aromatic nitrogens is 3. The van der Waals surface area contributed by atoms with Crippen LogP contribution in [0.1, 0.15) is 10.6 Å². The first-order valence-corrected chi connectivity index (χ1v) is 4.06. The molecule has 0 saturated carbocycles. The summed E-state index contributed by atoms with van der Waals surface area (Å²) < 4.78 is 2.54. The van der Waals surface area contributed by atoms with E-state index in [1.54, 1.807) is 16.7 Å². The van der Waals surface area contributed by atoms with Gasteiger partial charge in [-0.25, -0.2) is 0 Å². The Labute approximate surface area is 76.4 Å². The number of carbonyl (C=O) groups excluding carboxylic acids is 1. The molecule has 2 aromatic rings. The second-order valence-electron chi connectivity index (χ2n) is 2.25. The van der Waals surface area contributed by atoms with Crippen LogP contribution in [0.15, 0.2) is 22.8 Å². The highest BCUT2D eigenvalue weighted by Crippen LogP contribution is 2.11. The predicted molar refractivity (Wildman–Crippen MR) is 46.1 cm³/mol. The van der Waals surface area contributed by atoms with Crippen LogP contribution in [0.2, 0.25) is 0 Å². The van der Waals surface area contributed by atoms with E-state index in [4.69, 9.17) is 0 Å². The lowest BCUT2D eigenvalue weighted by Crippen LogP contribution is -1.90. The van der Waals surface area contributed by atoms with Gasteiger partial charge in [0, 0.05) is 10.7 Å². The van der Waals surface area contributed by atoms with E-state index in [1.165, 1.54) is 0 Å². The Morgan fingerprint density at radius 1 is 1.50 bits per heavy atom. The maximum Gasteiger partial charge on any atom is 0.201 e. The Bertz CT molecular complexity index is 437. The summed E-state index contributed by atoms with van der Waals surface area (Å²) in [7, 11) is 0. The third-order valence-corrected chi connectivity index (χ3v) is 2.00. The molecular formula is C7H4BrN3O. The molecule has 0 radical (unpaired) electrons. The summed E-state index contributed by atoms with van der Waals surface area (Å²) in [6, 6.07) is 3.61. The number of carbonyl (C=O) groups is 1. The van der Waals surface area contributed by atoms with Gasteiger partial charge >= 0.3 is 0 Å². The largest absolute Gasteiger partial charge is 0.294 e. The van der Waals surface area contributed by atoms with Crippen LogP contribution in [0.3, 0.4) is 0 Å². The number of pyridine rings is 1. The molecule has 0 unspecified atom stereocenters. The van der Waals surface area contributed by atoms with Gasteiger partial charge in [0.25, 0.3) is 0 Å². The molecule has 60 valence electrons. The number of rotatable bonds is 1. The van der Waals surface area contributed by atoms with Crippen molar-refractivity contribution >= 4 is 27.9 Å². The van der Waals surface area contributed by atoms with Crippen molar-refractivity contribution in [1.29, 1.82) is 0 Å². The molecule has 2 heterocycles. The van der Waals surface area contributed by atoms with Gasteiger partial charge in [0.2, 0.25) is 5.82 Å². The van der Waals surface area contributed by atoms with Crippen LogP contribution < -0.4 is 0 Å². The molecule has 2 rings (SSSR count). The fourth-order valence-corrected chi connectivity index (χ4v) is 1.29. The van der Waals surface area contributed by atoms with Gasteiger partial charge in [0.15, 0.2) is 11.9 Å². The summed E-state index contributed by atoms with van der Waals surface area (Å²) in [6.45, 7) is 0. The summed E-state index contributed by atoms with van der Waals surface area (Å²) >= 11 is 3.29. The lowest BCUT2D eigenvalue weighted by atomic mass is 10.5. The molecular weight excluding hydrogens is 222 g/mol. The van der Waals surface area contributed by atoms with Gasteiger partial charge < -0.3 is 0 Å². The molecule has 0 aliphatic heterocycles. The van der Waals surface area contributed by atoms with Crippen LogP contribution in [0, 0.1) is 0 Å². The van der Waals surface area contributed by atoms with E-state index in [0.29, 0.717) is 17.8 Å². The smallest absolute Gasteiger partial charge is 0.201 e. The van der Waals surface area contributed by atoms with Crippen LogP contribution in [0.4, 0.5) is 0 Å². The molecule has 0 amide bonds. The molecule has 0 bridgehead atoms. The molecule has 0 aromatic carbocycles. The fourth-order valence-electron chi connectivity index (χ4n) is 0.965. The van der Waals surface area contributed by atoms with E-state index in [9.17, 15) is 4.79 Å². The van der Waals surface area contributed by atoms with E-state index in [2.05, 4.69) is 26.1 Å². The van der Waals surface area contributed by atoms with Gasteiger partial charge in [-0.05, 0) is 12.1 Å². The summed E-state index contributed by atoms with van der Waals surface area (Å²) in [5, 5.41) is 7.48. The maximum absolute atomic E-state index is 10.4. The third-order valence-electron chi connectivity index (χ3n) is 1.50. The minimum atomic E-state index is 0.317. The lowest BCUT2D eigenvalue weighted by Gasteiger charge is -1.92.